The van der Waals surface area contributed by atoms with Crippen LogP contribution in [0.3, 0.4) is 0 Å². The van der Waals surface area contributed by atoms with E-state index in [1.54, 1.807) is 19.1 Å². The van der Waals surface area contributed by atoms with Gasteiger partial charge in [-0.15, -0.1) is 0 Å². The first-order chi connectivity index (χ1) is 8.13. The Morgan fingerprint density at radius 3 is 3.00 bits per heavy atom. The first-order valence-corrected chi connectivity index (χ1v) is 5.92. The standard InChI is InChI=1S/C12H10BrFO3/c1-2-16-10(15)5-7-6-17-12-8(7)3-4-9(13)11(12)14/h3-4,6H,2,5H2,1H3. The van der Waals surface area contributed by atoms with Gasteiger partial charge in [0, 0.05) is 10.9 Å². The van der Waals surface area contributed by atoms with Crippen molar-refractivity contribution in [1.82, 2.24) is 0 Å². The summed E-state index contributed by atoms with van der Waals surface area (Å²) in [6, 6.07) is 3.29. The summed E-state index contributed by atoms with van der Waals surface area (Å²) in [4.78, 5) is 11.3. The van der Waals surface area contributed by atoms with E-state index < -0.39 is 5.82 Å². The maximum Gasteiger partial charge on any atom is 0.310 e. The van der Waals surface area contributed by atoms with Crippen LogP contribution in [0.2, 0.25) is 0 Å². The normalized spacial score (nSPS) is 10.8. The summed E-state index contributed by atoms with van der Waals surface area (Å²) in [6.07, 6.45) is 1.47. The van der Waals surface area contributed by atoms with Crippen molar-refractivity contribution in [3.05, 3.63) is 34.2 Å². The lowest BCUT2D eigenvalue weighted by Gasteiger charge is -2.00. The van der Waals surface area contributed by atoms with E-state index in [1.165, 1.54) is 6.26 Å². The quantitative estimate of drug-likeness (QED) is 0.815. The van der Waals surface area contributed by atoms with Crippen molar-refractivity contribution in [2.24, 2.45) is 0 Å². The molecule has 0 aliphatic carbocycles. The SMILES string of the molecule is CCOC(=O)Cc1coc2c(F)c(Br)ccc12. The number of benzene rings is 1. The van der Waals surface area contributed by atoms with E-state index in [-0.39, 0.29) is 18.0 Å². The number of carbonyl (C=O) groups excluding carboxylic acids is 1. The molecule has 0 unspecified atom stereocenters. The molecule has 3 nitrogen and oxygen atoms in total. The van der Waals surface area contributed by atoms with Crippen molar-refractivity contribution in [3.8, 4) is 0 Å². The van der Waals surface area contributed by atoms with Crippen molar-refractivity contribution >= 4 is 32.9 Å². The molecular weight excluding hydrogens is 291 g/mol. The number of ether oxygens (including phenoxy) is 1. The van der Waals surface area contributed by atoms with E-state index in [0.717, 1.165) is 0 Å². The molecule has 1 heterocycles. The fraction of sp³-hybridized carbons (Fsp3) is 0.250. The van der Waals surface area contributed by atoms with Crippen LogP contribution in [0.5, 0.6) is 0 Å². The molecule has 0 spiro atoms. The Labute approximate surface area is 106 Å². The number of hydrogen-bond donors (Lipinski definition) is 0. The van der Waals surface area contributed by atoms with E-state index in [9.17, 15) is 9.18 Å². The number of halogens is 2. The van der Waals surface area contributed by atoms with Crippen LogP contribution in [0.25, 0.3) is 11.0 Å². The van der Waals surface area contributed by atoms with Gasteiger partial charge >= 0.3 is 5.97 Å². The average Bonchev–Trinajstić information content (AvgIpc) is 2.68. The number of fused-ring (bicyclic) bond motifs is 1. The minimum atomic E-state index is -0.461. The van der Waals surface area contributed by atoms with Gasteiger partial charge < -0.3 is 9.15 Å². The van der Waals surface area contributed by atoms with Crippen molar-refractivity contribution in [3.63, 3.8) is 0 Å². The molecule has 0 radical (unpaired) electrons. The van der Waals surface area contributed by atoms with Gasteiger partial charge in [-0.3, -0.25) is 4.79 Å². The van der Waals surface area contributed by atoms with Gasteiger partial charge in [0.15, 0.2) is 11.4 Å². The van der Waals surface area contributed by atoms with Gasteiger partial charge in [-0.2, -0.15) is 0 Å². The van der Waals surface area contributed by atoms with Crippen LogP contribution in [0.15, 0.2) is 27.3 Å². The summed E-state index contributed by atoms with van der Waals surface area (Å²) in [6.45, 7) is 2.07. The summed E-state index contributed by atoms with van der Waals surface area (Å²) >= 11 is 3.07. The Balaban J connectivity index is 2.37. The lowest BCUT2D eigenvalue weighted by atomic mass is 10.1. The highest BCUT2D eigenvalue weighted by atomic mass is 79.9. The lowest BCUT2D eigenvalue weighted by molar-refractivity contribution is -0.142. The summed E-state index contributed by atoms with van der Waals surface area (Å²) < 4.78 is 23.9. The van der Waals surface area contributed by atoms with Crippen LogP contribution < -0.4 is 0 Å². The van der Waals surface area contributed by atoms with Gasteiger partial charge in [0.2, 0.25) is 0 Å². The summed E-state index contributed by atoms with van der Waals surface area (Å²) in [5.74, 6) is -0.809. The van der Waals surface area contributed by atoms with Gasteiger partial charge in [-0.05, 0) is 35.0 Å². The number of esters is 1. The third-order valence-electron chi connectivity index (χ3n) is 2.36. The summed E-state index contributed by atoms with van der Waals surface area (Å²) in [7, 11) is 0. The number of furan rings is 1. The topological polar surface area (TPSA) is 39.4 Å². The number of rotatable bonds is 3. The molecule has 0 saturated heterocycles. The highest BCUT2D eigenvalue weighted by Crippen LogP contribution is 2.29. The largest absolute Gasteiger partial charge is 0.466 e. The molecule has 1 aromatic heterocycles. The molecular formula is C12H10BrFO3. The molecule has 0 aliphatic rings. The maximum absolute atomic E-state index is 13.6. The van der Waals surface area contributed by atoms with Crippen LogP contribution in [-0.2, 0) is 16.0 Å². The second kappa shape index (κ2) is 4.87. The minimum absolute atomic E-state index is 0.0852. The van der Waals surface area contributed by atoms with E-state index in [0.29, 0.717) is 22.0 Å². The molecule has 0 N–H and O–H groups in total. The molecule has 17 heavy (non-hydrogen) atoms. The highest BCUT2D eigenvalue weighted by Gasteiger charge is 2.15. The Morgan fingerprint density at radius 2 is 2.29 bits per heavy atom. The maximum atomic E-state index is 13.6. The zero-order valence-electron chi connectivity index (χ0n) is 9.13. The number of hydrogen-bond acceptors (Lipinski definition) is 3. The lowest BCUT2D eigenvalue weighted by Crippen LogP contribution is -2.06. The third kappa shape index (κ3) is 2.34. The molecule has 0 bridgehead atoms. The second-order valence-electron chi connectivity index (χ2n) is 3.48. The summed E-state index contributed by atoms with van der Waals surface area (Å²) in [5, 5.41) is 0.596. The fourth-order valence-electron chi connectivity index (χ4n) is 1.60. The Bertz CT molecular complexity index is 562. The van der Waals surface area contributed by atoms with Gasteiger partial charge in [0.25, 0.3) is 0 Å². The van der Waals surface area contributed by atoms with Crippen LogP contribution in [0, 0.1) is 5.82 Å². The molecule has 2 aromatic rings. The molecule has 5 heteroatoms. The highest BCUT2D eigenvalue weighted by molar-refractivity contribution is 9.10. The van der Waals surface area contributed by atoms with Crippen LogP contribution in [0.4, 0.5) is 4.39 Å². The average molecular weight is 301 g/mol. The first kappa shape index (κ1) is 12.1. The van der Waals surface area contributed by atoms with Crippen LogP contribution in [0.1, 0.15) is 12.5 Å². The fourth-order valence-corrected chi connectivity index (χ4v) is 1.91. The van der Waals surface area contributed by atoms with Gasteiger partial charge in [-0.25, -0.2) is 4.39 Å². The van der Waals surface area contributed by atoms with Crippen molar-refractivity contribution in [2.45, 2.75) is 13.3 Å². The first-order valence-electron chi connectivity index (χ1n) is 5.13. The monoisotopic (exact) mass is 300 g/mol. The molecule has 90 valence electrons. The predicted octanol–water partition coefficient (Wildman–Crippen LogP) is 3.44. The van der Waals surface area contributed by atoms with Gasteiger partial charge in [-0.1, -0.05) is 0 Å². The van der Waals surface area contributed by atoms with Crippen molar-refractivity contribution in [1.29, 1.82) is 0 Å². The molecule has 0 atom stereocenters. The van der Waals surface area contributed by atoms with E-state index >= 15 is 0 Å². The van der Waals surface area contributed by atoms with Gasteiger partial charge in [0.1, 0.15) is 0 Å². The number of carbonyl (C=O) groups is 1. The zero-order chi connectivity index (χ0) is 12.4. The molecule has 0 aliphatic heterocycles. The van der Waals surface area contributed by atoms with Gasteiger partial charge in [0.05, 0.1) is 23.8 Å². The summed E-state index contributed by atoms with van der Waals surface area (Å²) in [5.41, 5.74) is 0.781. The smallest absolute Gasteiger partial charge is 0.310 e. The Hall–Kier alpha value is -1.36. The van der Waals surface area contributed by atoms with E-state index in [2.05, 4.69) is 15.9 Å². The predicted molar refractivity (Wildman–Crippen MR) is 64.2 cm³/mol. The molecule has 1 aromatic carbocycles. The molecule has 0 amide bonds. The minimum Gasteiger partial charge on any atom is -0.466 e. The second-order valence-corrected chi connectivity index (χ2v) is 4.34. The molecule has 2 rings (SSSR count). The Morgan fingerprint density at radius 1 is 1.53 bits per heavy atom. The van der Waals surface area contributed by atoms with E-state index in [4.69, 9.17) is 9.15 Å². The van der Waals surface area contributed by atoms with Crippen LogP contribution >= 0.6 is 15.9 Å². The third-order valence-corrected chi connectivity index (χ3v) is 2.97. The van der Waals surface area contributed by atoms with Crippen LogP contribution in [-0.4, -0.2) is 12.6 Å². The molecule has 0 saturated carbocycles. The van der Waals surface area contributed by atoms with Crippen molar-refractivity contribution in [2.75, 3.05) is 6.61 Å². The zero-order valence-corrected chi connectivity index (χ0v) is 10.7. The molecule has 0 fully saturated rings. The van der Waals surface area contributed by atoms with Crippen molar-refractivity contribution < 1.29 is 18.3 Å². The Kier molecular flexibility index (Phi) is 3.47. The van der Waals surface area contributed by atoms with E-state index in [1.807, 2.05) is 0 Å².